The minimum Gasteiger partial charge on any atom is -0.544 e. The van der Waals surface area contributed by atoms with Crippen LogP contribution in [0.3, 0.4) is 0 Å². The molecular formula is C10H8F3O3-. The van der Waals surface area contributed by atoms with Crippen LogP contribution in [0.4, 0.5) is 13.2 Å². The van der Waals surface area contributed by atoms with Crippen molar-refractivity contribution in [1.29, 1.82) is 0 Å². The fraction of sp³-hybridized carbons (Fsp3) is 0.300. The number of carboxylic acids is 1. The molecule has 0 unspecified atom stereocenters. The lowest BCUT2D eigenvalue weighted by Crippen LogP contribution is -2.39. The molecule has 88 valence electrons. The van der Waals surface area contributed by atoms with Crippen LogP contribution in [-0.2, 0) is 10.7 Å². The zero-order valence-corrected chi connectivity index (χ0v) is 8.30. The first-order chi connectivity index (χ1) is 7.39. The van der Waals surface area contributed by atoms with Crippen LogP contribution in [0.5, 0.6) is 5.75 Å². The summed E-state index contributed by atoms with van der Waals surface area (Å²) < 4.78 is 43.8. The van der Waals surface area contributed by atoms with Crippen LogP contribution in [0.2, 0.25) is 0 Å². The van der Waals surface area contributed by atoms with Gasteiger partial charge in [-0.3, -0.25) is 0 Å². The molecule has 0 aliphatic carbocycles. The number of ether oxygens (including phenoxy) is 1. The molecule has 0 aliphatic heterocycles. The van der Waals surface area contributed by atoms with Gasteiger partial charge in [0.05, 0.1) is 12.2 Å². The zero-order valence-electron chi connectivity index (χ0n) is 8.30. The summed E-state index contributed by atoms with van der Waals surface area (Å²) in [7, 11) is 0. The van der Waals surface area contributed by atoms with Crippen molar-refractivity contribution in [3.8, 4) is 5.75 Å². The number of carbonyl (C=O) groups is 1. The predicted molar refractivity (Wildman–Crippen MR) is 46.5 cm³/mol. The Kier molecular flexibility index (Phi) is 3.41. The number of benzene rings is 1. The summed E-state index contributed by atoms with van der Waals surface area (Å²) in [4.78, 5) is 10.3. The number of carbonyl (C=O) groups excluding carboxylic acids is 1. The molecule has 0 heterocycles. The molecule has 3 nitrogen and oxygen atoms in total. The van der Waals surface area contributed by atoms with Gasteiger partial charge in [0.25, 0.3) is 0 Å². The summed E-state index contributed by atoms with van der Waals surface area (Å²) >= 11 is 0. The van der Waals surface area contributed by atoms with Crippen molar-refractivity contribution < 1.29 is 27.8 Å². The maximum atomic E-state index is 13.1. The van der Waals surface area contributed by atoms with Gasteiger partial charge >= 0.3 is 5.92 Å². The Labute approximate surface area is 89.5 Å². The van der Waals surface area contributed by atoms with E-state index in [0.29, 0.717) is 6.07 Å². The van der Waals surface area contributed by atoms with Crippen molar-refractivity contribution >= 4 is 5.97 Å². The van der Waals surface area contributed by atoms with Gasteiger partial charge in [-0.2, -0.15) is 8.78 Å². The molecule has 0 saturated heterocycles. The van der Waals surface area contributed by atoms with Crippen molar-refractivity contribution in [2.45, 2.75) is 12.8 Å². The van der Waals surface area contributed by atoms with Gasteiger partial charge in [0, 0.05) is 0 Å². The molecule has 0 fully saturated rings. The van der Waals surface area contributed by atoms with Gasteiger partial charge in [-0.15, -0.1) is 0 Å². The molecule has 0 N–H and O–H groups in total. The number of carboxylic acid groups (broad SMARTS) is 1. The minimum atomic E-state index is -4.29. The van der Waals surface area contributed by atoms with Crippen LogP contribution in [0.25, 0.3) is 0 Å². The third-order valence-electron chi connectivity index (χ3n) is 1.84. The predicted octanol–water partition coefficient (Wildman–Crippen LogP) is 1.07. The highest BCUT2D eigenvalue weighted by Crippen LogP contribution is 2.35. The molecule has 0 atom stereocenters. The van der Waals surface area contributed by atoms with E-state index in [-0.39, 0.29) is 12.4 Å². The fourth-order valence-electron chi connectivity index (χ4n) is 1.14. The Morgan fingerprint density at radius 1 is 1.50 bits per heavy atom. The van der Waals surface area contributed by atoms with Crippen LogP contribution in [0.1, 0.15) is 12.5 Å². The second-order valence-electron chi connectivity index (χ2n) is 2.94. The Balaban J connectivity index is 3.29. The van der Waals surface area contributed by atoms with Crippen LogP contribution < -0.4 is 9.84 Å². The summed E-state index contributed by atoms with van der Waals surface area (Å²) in [5, 5.41) is 10.3. The lowest BCUT2D eigenvalue weighted by molar-refractivity contribution is -0.331. The smallest absolute Gasteiger partial charge is 0.316 e. The van der Waals surface area contributed by atoms with E-state index in [1.165, 1.54) is 6.92 Å². The normalized spacial score (nSPS) is 11.2. The van der Waals surface area contributed by atoms with Gasteiger partial charge in [0.1, 0.15) is 17.5 Å². The Bertz CT molecular complexity index is 404. The largest absolute Gasteiger partial charge is 0.544 e. The molecule has 0 saturated carbocycles. The highest BCUT2D eigenvalue weighted by molar-refractivity contribution is 5.76. The standard InChI is InChI=1S/C10H9F3O3/c1-2-16-8-4-3-6(11)5-7(8)10(12,13)9(14)15/h3-5H,2H2,1H3,(H,14,15)/p-1. The first kappa shape index (κ1) is 12.4. The van der Waals surface area contributed by atoms with E-state index >= 15 is 0 Å². The number of halogens is 3. The highest BCUT2D eigenvalue weighted by Gasteiger charge is 2.37. The maximum absolute atomic E-state index is 13.1. The second-order valence-corrected chi connectivity index (χ2v) is 2.94. The number of rotatable bonds is 4. The SMILES string of the molecule is CCOc1ccc(F)cc1C(F)(F)C(=O)[O-]. The summed E-state index contributed by atoms with van der Waals surface area (Å²) in [6, 6.07) is 2.27. The van der Waals surface area contributed by atoms with Crippen LogP contribution in [-0.4, -0.2) is 12.6 Å². The molecule has 0 aromatic heterocycles. The Morgan fingerprint density at radius 2 is 2.12 bits per heavy atom. The lowest BCUT2D eigenvalue weighted by atomic mass is 10.1. The number of hydrogen-bond acceptors (Lipinski definition) is 3. The average molecular weight is 233 g/mol. The van der Waals surface area contributed by atoms with Crippen LogP contribution in [0, 0.1) is 5.82 Å². The molecule has 1 aromatic carbocycles. The average Bonchev–Trinajstić information content (AvgIpc) is 2.20. The molecule has 0 spiro atoms. The fourth-order valence-corrected chi connectivity index (χ4v) is 1.14. The molecule has 0 aliphatic rings. The maximum Gasteiger partial charge on any atom is 0.316 e. The number of alkyl halides is 2. The summed E-state index contributed by atoms with van der Waals surface area (Å²) in [6.45, 7) is 1.59. The van der Waals surface area contributed by atoms with Gasteiger partial charge in [-0.05, 0) is 25.1 Å². The van der Waals surface area contributed by atoms with Gasteiger partial charge in [0.2, 0.25) is 0 Å². The minimum absolute atomic E-state index is 0.0573. The van der Waals surface area contributed by atoms with Gasteiger partial charge in [-0.25, -0.2) is 4.39 Å². The highest BCUT2D eigenvalue weighted by atomic mass is 19.3. The van der Waals surface area contributed by atoms with Crippen molar-refractivity contribution in [3.63, 3.8) is 0 Å². The molecule has 6 heteroatoms. The third kappa shape index (κ3) is 2.26. The van der Waals surface area contributed by atoms with E-state index in [1.54, 1.807) is 0 Å². The van der Waals surface area contributed by atoms with E-state index in [1.807, 2.05) is 0 Å². The van der Waals surface area contributed by atoms with Gasteiger partial charge in [0.15, 0.2) is 0 Å². The second kappa shape index (κ2) is 4.42. The quantitative estimate of drug-likeness (QED) is 0.781. The van der Waals surface area contributed by atoms with Crippen molar-refractivity contribution in [2.24, 2.45) is 0 Å². The zero-order chi connectivity index (χ0) is 12.3. The number of hydrogen-bond donors (Lipinski definition) is 0. The molecular weight excluding hydrogens is 225 g/mol. The van der Waals surface area contributed by atoms with Crippen LogP contribution in [0.15, 0.2) is 18.2 Å². The molecule has 1 rings (SSSR count). The van der Waals surface area contributed by atoms with Crippen molar-refractivity contribution in [2.75, 3.05) is 6.61 Å². The summed E-state index contributed by atoms with van der Waals surface area (Å²) in [6.07, 6.45) is 0. The van der Waals surface area contributed by atoms with Crippen molar-refractivity contribution in [1.82, 2.24) is 0 Å². The molecule has 16 heavy (non-hydrogen) atoms. The summed E-state index contributed by atoms with van der Waals surface area (Å²) in [5.41, 5.74) is -1.05. The van der Waals surface area contributed by atoms with E-state index in [4.69, 9.17) is 4.74 Å². The first-order valence-corrected chi connectivity index (χ1v) is 4.41. The van der Waals surface area contributed by atoms with E-state index < -0.39 is 23.3 Å². The topological polar surface area (TPSA) is 49.4 Å². The van der Waals surface area contributed by atoms with Crippen molar-refractivity contribution in [3.05, 3.63) is 29.6 Å². The van der Waals surface area contributed by atoms with Crippen LogP contribution >= 0.6 is 0 Å². The third-order valence-corrected chi connectivity index (χ3v) is 1.84. The molecule has 0 radical (unpaired) electrons. The van der Waals surface area contributed by atoms with E-state index in [2.05, 4.69) is 0 Å². The lowest BCUT2D eigenvalue weighted by Gasteiger charge is -2.20. The molecule has 0 bridgehead atoms. The van der Waals surface area contributed by atoms with E-state index in [0.717, 1.165) is 12.1 Å². The Hall–Kier alpha value is -1.72. The Morgan fingerprint density at radius 3 is 2.62 bits per heavy atom. The molecule has 0 amide bonds. The van der Waals surface area contributed by atoms with E-state index in [9.17, 15) is 23.1 Å². The molecule has 1 aromatic rings. The van der Waals surface area contributed by atoms with Gasteiger partial charge in [-0.1, -0.05) is 0 Å². The van der Waals surface area contributed by atoms with Gasteiger partial charge < -0.3 is 14.6 Å². The summed E-state index contributed by atoms with van der Waals surface area (Å²) in [5.74, 6) is -8.23. The monoisotopic (exact) mass is 233 g/mol. The number of aliphatic carboxylic acids is 1. The first-order valence-electron chi connectivity index (χ1n) is 4.41.